The van der Waals surface area contributed by atoms with Crippen molar-refractivity contribution in [2.45, 2.75) is 38.5 Å². The molecule has 1 aromatic rings. The minimum atomic E-state index is 0.0879. The van der Waals surface area contributed by atoms with Gasteiger partial charge in [-0.3, -0.25) is 4.79 Å². The van der Waals surface area contributed by atoms with Crippen molar-refractivity contribution in [3.63, 3.8) is 0 Å². The number of tetrazole rings is 1. The van der Waals surface area contributed by atoms with E-state index in [9.17, 15) is 4.79 Å². The van der Waals surface area contributed by atoms with Crippen LogP contribution in [0.25, 0.3) is 0 Å². The molecule has 0 N–H and O–H groups in total. The number of hydrogen-bond donors (Lipinski definition) is 0. The quantitative estimate of drug-likeness (QED) is 0.718. The Morgan fingerprint density at radius 1 is 1.38 bits per heavy atom. The second-order valence-electron chi connectivity index (χ2n) is 4.20. The predicted octanol–water partition coefficient (Wildman–Crippen LogP) is 1.21. The molecule has 0 spiro atoms. The highest BCUT2D eigenvalue weighted by Gasteiger charge is 2.10. The molecule has 1 fully saturated rings. The zero-order valence-corrected chi connectivity index (χ0v) is 9.52. The van der Waals surface area contributed by atoms with Crippen LogP contribution in [0.5, 0.6) is 0 Å². The molecule has 1 aliphatic rings. The molecule has 0 aromatic carbocycles. The fourth-order valence-electron chi connectivity index (χ4n) is 1.98. The highest BCUT2D eigenvalue weighted by atomic mass is 16.1. The van der Waals surface area contributed by atoms with Crippen molar-refractivity contribution in [2.75, 3.05) is 0 Å². The molecule has 0 radical (unpaired) electrons. The van der Waals surface area contributed by atoms with Crippen LogP contribution in [-0.2, 0) is 18.3 Å². The molecule has 0 saturated heterocycles. The molecular formula is C11H16N4O. The van der Waals surface area contributed by atoms with Crippen LogP contribution in [0.4, 0.5) is 0 Å². The van der Waals surface area contributed by atoms with Gasteiger partial charge in [0.1, 0.15) is 0 Å². The number of hydrogen-bond acceptors (Lipinski definition) is 4. The maximum Gasteiger partial charge on any atom is 0.182 e. The first-order valence-electron chi connectivity index (χ1n) is 5.69. The predicted molar refractivity (Wildman–Crippen MR) is 58.7 cm³/mol. The molecule has 1 aromatic heterocycles. The van der Waals surface area contributed by atoms with Gasteiger partial charge in [-0.2, -0.15) is 4.80 Å². The Kier molecular flexibility index (Phi) is 3.44. The molecule has 1 heterocycles. The van der Waals surface area contributed by atoms with E-state index in [-0.39, 0.29) is 12.2 Å². The summed E-state index contributed by atoms with van der Waals surface area (Å²) in [6.45, 7) is 0. The van der Waals surface area contributed by atoms with Crippen LogP contribution in [0.15, 0.2) is 11.6 Å². The van der Waals surface area contributed by atoms with E-state index >= 15 is 0 Å². The number of aromatic nitrogens is 4. The third-order valence-electron chi connectivity index (χ3n) is 2.74. The summed E-state index contributed by atoms with van der Waals surface area (Å²) in [5.74, 6) is 0.588. The second kappa shape index (κ2) is 5.01. The third-order valence-corrected chi connectivity index (χ3v) is 2.74. The van der Waals surface area contributed by atoms with Gasteiger partial charge in [-0.25, -0.2) is 0 Å². The molecule has 1 aliphatic carbocycles. The normalized spacial score (nSPS) is 16.2. The third kappa shape index (κ3) is 2.98. The molecular weight excluding hydrogens is 204 g/mol. The SMILES string of the molecule is Cn1nnc(CC(=O)C=C2CCCCC2)n1. The standard InChI is InChI=1S/C11H16N4O/c1-15-13-11(12-14-15)8-10(16)7-9-5-3-2-4-6-9/h7H,2-6,8H2,1H3. The minimum Gasteiger partial charge on any atom is -0.294 e. The molecule has 5 nitrogen and oxygen atoms in total. The van der Waals surface area contributed by atoms with Crippen LogP contribution in [0.1, 0.15) is 37.9 Å². The number of nitrogens with zero attached hydrogens (tertiary/aromatic N) is 4. The lowest BCUT2D eigenvalue weighted by Crippen LogP contribution is -2.04. The molecule has 0 atom stereocenters. The Morgan fingerprint density at radius 3 is 2.75 bits per heavy atom. The topological polar surface area (TPSA) is 60.7 Å². The van der Waals surface area contributed by atoms with Gasteiger partial charge in [0.2, 0.25) is 0 Å². The summed E-state index contributed by atoms with van der Waals surface area (Å²) in [5, 5.41) is 11.5. The van der Waals surface area contributed by atoms with Gasteiger partial charge in [-0.1, -0.05) is 12.0 Å². The van der Waals surface area contributed by atoms with Gasteiger partial charge >= 0.3 is 0 Å². The average molecular weight is 220 g/mol. The maximum absolute atomic E-state index is 11.7. The average Bonchev–Trinajstić information content (AvgIpc) is 2.65. The summed E-state index contributed by atoms with van der Waals surface area (Å²) in [4.78, 5) is 13.1. The lowest BCUT2D eigenvalue weighted by atomic mass is 9.94. The minimum absolute atomic E-state index is 0.0879. The van der Waals surface area contributed by atoms with E-state index in [2.05, 4.69) is 15.4 Å². The Balaban J connectivity index is 1.92. The highest BCUT2D eigenvalue weighted by molar-refractivity contribution is 5.91. The first kappa shape index (κ1) is 11.0. The maximum atomic E-state index is 11.7. The van der Waals surface area contributed by atoms with E-state index in [0.29, 0.717) is 5.82 Å². The monoisotopic (exact) mass is 220 g/mol. The van der Waals surface area contributed by atoms with E-state index in [0.717, 1.165) is 12.8 Å². The van der Waals surface area contributed by atoms with E-state index in [1.54, 1.807) is 13.1 Å². The number of carbonyl (C=O) groups excluding carboxylic acids is 1. The van der Waals surface area contributed by atoms with Gasteiger partial charge in [-0.05, 0) is 37.0 Å². The van der Waals surface area contributed by atoms with Crippen molar-refractivity contribution >= 4 is 5.78 Å². The van der Waals surface area contributed by atoms with Crippen LogP contribution < -0.4 is 0 Å². The molecule has 0 aliphatic heterocycles. The van der Waals surface area contributed by atoms with Gasteiger partial charge in [0.05, 0.1) is 13.5 Å². The zero-order chi connectivity index (χ0) is 11.4. The number of carbonyl (C=O) groups is 1. The number of aryl methyl sites for hydroxylation is 1. The van der Waals surface area contributed by atoms with Crippen molar-refractivity contribution in [1.29, 1.82) is 0 Å². The Bertz CT molecular complexity index is 400. The Hall–Kier alpha value is -1.52. The number of ketones is 1. The molecule has 0 unspecified atom stereocenters. The van der Waals surface area contributed by atoms with E-state index in [1.807, 2.05) is 0 Å². The van der Waals surface area contributed by atoms with E-state index in [1.165, 1.54) is 29.6 Å². The van der Waals surface area contributed by atoms with Crippen molar-refractivity contribution < 1.29 is 4.79 Å². The van der Waals surface area contributed by atoms with Crippen LogP contribution in [0.3, 0.4) is 0 Å². The summed E-state index contributed by atoms with van der Waals surface area (Å²) in [6, 6.07) is 0. The molecule has 0 bridgehead atoms. The smallest absolute Gasteiger partial charge is 0.182 e. The Labute approximate surface area is 94.5 Å². The fraction of sp³-hybridized carbons (Fsp3) is 0.636. The van der Waals surface area contributed by atoms with Gasteiger partial charge in [0.15, 0.2) is 11.6 Å². The summed E-state index contributed by atoms with van der Waals surface area (Å²) in [7, 11) is 1.70. The number of allylic oxidation sites excluding steroid dienone is 2. The molecule has 5 heteroatoms. The lowest BCUT2D eigenvalue weighted by Gasteiger charge is -2.12. The van der Waals surface area contributed by atoms with Crippen molar-refractivity contribution in [2.24, 2.45) is 7.05 Å². The van der Waals surface area contributed by atoms with E-state index < -0.39 is 0 Å². The summed E-state index contributed by atoms with van der Waals surface area (Å²) >= 11 is 0. The van der Waals surface area contributed by atoms with E-state index in [4.69, 9.17) is 0 Å². The second-order valence-corrected chi connectivity index (χ2v) is 4.20. The first-order valence-corrected chi connectivity index (χ1v) is 5.69. The first-order chi connectivity index (χ1) is 7.74. The summed E-state index contributed by atoms with van der Waals surface area (Å²) in [6.07, 6.45) is 7.88. The van der Waals surface area contributed by atoms with Gasteiger partial charge in [0.25, 0.3) is 0 Å². The molecule has 16 heavy (non-hydrogen) atoms. The largest absolute Gasteiger partial charge is 0.294 e. The summed E-state index contributed by atoms with van der Waals surface area (Å²) < 4.78 is 0. The highest BCUT2D eigenvalue weighted by Crippen LogP contribution is 2.22. The van der Waals surface area contributed by atoms with Crippen LogP contribution in [-0.4, -0.2) is 26.0 Å². The van der Waals surface area contributed by atoms with Crippen LogP contribution in [0.2, 0.25) is 0 Å². The molecule has 86 valence electrons. The van der Waals surface area contributed by atoms with Crippen molar-refractivity contribution in [3.8, 4) is 0 Å². The number of rotatable bonds is 3. The van der Waals surface area contributed by atoms with Gasteiger partial charge in [-0.15, -0.1) is 10.2 Å². The lowest BCUT2D eigenvalue weighted by molar-refractivity contribution is -0.114. The van der Waals surface area contributed by atoms with Crippen LogP contribution in [0, 0.1) is 0 Å². The van der Waals surface area contributed by atoms with Crippen LogP contribution >= 0.6 is 0 Å². The van der Waals surface area contributed by atoms with Gasteiger partial charge in [0, 0.05) is 0 Å². The fourth-order valence-corrected chi connectivity index (χ4v) is 1.98. The molecule has 1 saturated carbocycles. The van der Waals surface area contributed by atoms with Crippen molar-refractivity contribution in [1.82, 2.24) is 20.2 Å². The Morgan fingerprint density at radius 2 is 2.12 bits per heavy atom. The molecule has 2 rings (SSSR count). The molecule has 0 amide bonds. The van der Waals surface area contributed by atoms with Gasteiger partial charge < -0.3 is 0 Å². The zero-order valence-electron chi connectivity index (χ0n) is 9.52. The summed E-state index contributed by atoms with van der Waals surface area (Å²) in [5.41, 5.74) is 1.28. The van der Waals surface area contributed by atoms with Crippen molar-refractivity contribution in [3.05, 3.63) is 17.5 Å².